The molecule has 0 radical (unpaired) electrons. The molecule has 0 atom stereocenters. The normalized spacial score (nSPS) is 11.4. The van der Waals surface area contributed by atoms with E-state index in [1.54, 1.807) is 36.1 Å². The summed E-state index contributed by atoms with van der Waals surface area (Å²) in [6, 6.07) is 162. The quantitative estimate of drug-likeness (QED) is 0.100. The van der Waals surface area contributed by atoms with E-state index in [-0.39, 0.29) is 0 Å². The van der Waals surface area contributed by atoms with E-state index in [2.05, 4.69) is 362 Å². The number of para-hydroxylation sites is 3. The van der Waals surface area contributed by atoms with Gasteiger partial charge in [0.2, 0.25) is 0 Å². The van der Waals surface area contributed by atoms with Crippen LogP contribution < -0.4 is 0 Å². The van der Waals surface area contributed by atoms with Crippen LogP contribution in [0.25, 0.3) is 275 Å². The molecule has 0 aliphatic rings. The van der Waals surface area contributed by atoms with Crippen LogP contribution in [0.15, 0.2) is 517 Å². The van der Waals surface area contributed by atoms with E-state index in [0.29, 0.717) is 0 Å². The van der Waals surface area contributed by atoms with Gasteiger partial charge in [0.05, 0.1) is 83.0 Å². The lowest BCUT2D eigenvalue weighted by atomic mass is 9.97. The number of benzene rings is 18. The number of rotatable bonds is 13. The van der Waals surface area contributed by atoms with Crippen LogP contribution in [0.4, 0.5) is 0 Å². The first-order valence-electron chi connectivity index (χ1n) is 49.6. The van der Waals surface area contributed by atoms with Gasteiger partial charge >= 0.3 is 0 Å². The standard InChI is InChI=1S/C35H21N3S.C34H22N4.2C33H21N3/c1-2-8-23(9-3-1)32-34-33(29-12-6-7-13-31(29)39-34)38-35(37-32)24-16-14-22(15-17-24)25-18-19-28-27-11-5-4-10-26(27)21-36-30(28)20-25;1-2-4-30-28(3-1)22-37-34-19-27(9-10-31(30)34)23-5-7-24(8-6-23)29-20-32(25-11-15-35-16-12-25)38-33(21-29)26-13-17-36-18-14-26;1-2-8-23(9-3-1)32-33(36-30-13-7-6-12-29(30)35-32)24-16-14-22(15-17-24)25-18-19-28-27-11-5-4-10-26(27)21-34-31(28)20-25;1-2-8-23(9-3-1)32-29-12-6-7-13-30(29)35-33(36-32)24-16-14-22(15-17-24)25-18-19-28-27-11-5-4-10-26(27)21-34-31(28)20-25/h1-21H;1-22H;2*1-21H. The molecule has 13 nitrogen and oxygen atoms in total. The Bertz CT molecular complexity index is 10100. The van der Waals surface area contributed by atoms with Crippen molar-refractivity contribution in [2.45, 2.75) is 0 Å². The number of hydrogen-bond acceptors (Lipinski definition) is 14. The fourth-order valence-electron chi connectivity index (χ4n) is 20.0. The highest BCUT2D eigenvalue weighted by molar-refractivity contribution is 7.26. The van der Waals surface area contributed by atoms with Crippen LogP contribution in [-0.4, -0.2) is 64.8 Å². The molecule has 0 amide bonds. The van der Waals surface area contributed by atoms with Crippen molar-refractivity contribution in [3.8, 4) is 146 Å². The first-order chi connectivity index (χ1) is 73.8. The lowest BCUT2D eigenvalue weighted by molar-refractivity contribution is 1.23. The van der Waals surface area contributed by atoms with E-state index in [0.717, 1.165) is 222 Å². The third-order valence-corrected chi connectivity index (χ3v) is 28.8. The molecule has 0 aliphatic carbocycles. The summed E-state index contributed by atoms with van der Waals surface area (Å²) in [6.07, 6.45) is 15.0. The Morgan fingerprint density at radius 1 is 0.154 bits per heavy atom. The Labute approximate surface area is 861 Å². The van der Waals surface area contributed by atoms with Crippen molar-refractivity contribution in [2.24, 2.45) is 0 Å². The van der Waals surface area contributed by atoms with Crippen LogP contribution >= 0.6 is 11.3 Å². The molecule has 149 heavy (non-hydrogen) atoms. The molecule has 0 N–H and O–H groups in total. The van der Waals surface area contributed by atoms with Crippen LogP contribution in [0.3, 0.4) is 0 Å². The van der Waals surface area contributed by atoms with E-state index < -0.39 is 0 Å². The average molecular weight is 1920 g/mol. The van der Waals surface area contributed by atoms with E-state index in [4.69, 9.17) is 54.8 Å². The Balaban J connectivity index is 0.000000100. The minimum atomic E-state index is 0.728. The second-order valence-electron chi connectivity index (χ2n) is 36.8. The Morgan fingerprint density at radius 3 is 0.852 bits per heavy atom. The first kappa shape index (κ1) is 89.2. The topological polar surface area (TPSA) is 168 Å². The molecule has 0 saturated carbocycles. The van der Waals surface area contributed by atoms with Crippen LogP contribution in [0.2, 0.25) is 0 Å². The van der Waals surface area contributed by atoms with Gasteiger partial charge in [-0.25, -0.2) is 34.9 Å². The van der Waals surface area contributed by atoms with Crippen molar-refractivity contribution in [3.05, 3.63) is 517 Å². The molecule has 11 heterocycles. The summed E-state index contributed by atoms with van der Waals surface area (Å²) in [4.78, 5) is 62.2. The number of thiophene rings is 1. The molecule has 29 rings (SSSR count). The lowest BCUT2D eigenvalue weighted by Gasteiger charge is -2.11. The molecule has 0 bridgehead atoms. The number of aromatic nitrogens is 13. The summed E-state index contributed by atoms with van der Waals surface area (Å²) in [5, 5.41) is 16.5. The van der Waals surface area contributed by atoms with Crippen LogP contribution in [0.1, 0.15) is 0 Å². The third kappa shape index (κ3) is 17.9. The van der Waals surface area contributed by atoms with Gasteiger partial charge in [-0.15, -0.1) is 11.3 Å². The molecule has 0 aliphatic heterocycles. The zero-order valence-corrected chi connectivity index (χ0v) is 81.1. The van der Waals surface area contributed by atoms with Crippen molar-refractivity contribution in [1.82, 2.24) is 64.8 Å². The molecular weight excluding hydrogens is 1840 g/mol. The molecule has 14 heteroatoms. The predicted molar refractivity (Wildman–Crippen MR) is 616 cm³/mol. The molecule has 0 unspecified atom stereocenters. The van der Waals surface area contributed by atoms with Gasteiger partial charge in [0.25, 0.3) is 0 Å². The van der Waals surface area contributed by atoms with Gasteiger partial charge in [-0.05, 0) is 162 Å². The largest absolute Gasteiger partial charge is 0.265 e. The van der Waals surface area contributed by atoms with E-state index >= 15 is 0 Å². The van der Waals surface area contributed by atoms with Crippen molar-refractivity contribution in [2.75, 3.05) is 0 Å². The van der Waals surface area contributed by atoms with Crippen LogP contribution in [0, 0.1) is 0 Å². The van der Waals surface area contributed by atoms with Crippen molar-refractivity contribution >= 4 is 140 Å². The maximum atomic E-state index is 5.10. The van der Waals surface area contributed by atoms with Gasteiger partial charge in [-0.2, -0.15) is 0 Å². The van der Waals surface area contributed by atoms with Gasteiger partial charge in [-0.1, -0.05) is 382 Å². The average Bonchev–Trinajstić information content (AvgIpc) is 1.59. The minimum absolute atomic E-state index is 0.728. The second-order valence-corrected chi connectivity index (χ2v) is 37.9. The molecule has 0 spiro atoms. The summed E-state index contributed by atoms with van der Waals surface area (Å²) >= 11 is 1.76. The number of fused-ring (bicyclic) bond motifs is 17. The maximum absolute atomic E-state index is 5.10. The van der Waals surface area contributed by atoms with Gasteiger partial charge < -0.3 is 0 Å². The molecule has 696 valence electrons. The van der Waals surface area contributed by atoms with Gasteiger partial charge in [-0.3, -0.25) is 29.9 Å². The number of pyridine rings is 7. The third-order valence-electron chi connectivity index (χ3n) is 27.7. The summed E-state index contributed by atoms with van der Waals surface area (Å²) in [6.45, 7) is 0. The van der Waals surface area contributed by atoms with Crippen LogP contribution in [0.5, 0.6) is 0 Å². The van der Waals surface area contributed by atoms with Crippen LogP contribution in [-0.2, 0) is 0 Å². The fraction of sp³-hybridized carbons (Fsp3) is 0. The highest BCUT2D eigenvalue weighted by atomic mass is 32.1. The van der Waals surface area contributed by atoms with Gasteiger partial charge in [0.15, 0.2) is 11.6 Å². The monoisotopic (exact) mass is 1920 g/mol. The summed E-state index contributed by atoms with van der Waals surface area (Å²) < 4.78 is 2.35. The van der Waals surface area contributed by atoms with E-state index in [1.807, 2.05) is 140 Å². The highest BCUT2D eigenvalue weighted by Crippen LogP contribution is 2.44. The van der Waals surface area contributed by atoms with E-state index in [9.17, 15) is 0 Å². The SMILES string of the molecule is c1ccc(-c2nc(-c3ccc(-c4ccc5c(c4)ncc4ccccc45)cc3)nc3c2sc2ccccc23)cc1.c1ccc(-c2nc(-c3ccc(-c4ccc5c(c4)ncc4ccccc45)cc3)nc3ccccc23)cc1.c1ccc(-c2nc3ccccc3nc2-c2ccc(-c3ccc4c(c3)ncc3ccccc34)cc2)cc1.c1ccc2c(c1)cnc1cc(-c3ccc(-c4cc(-c5ccncc5)nc(-c5ccncc5)c4)cc3)ccc12. The zero-order valence-electron chi connectivity index (χ0n) is 80.3. The van der Waals surface area contributed by atoms with E-state index in [1.165, 1.54) is 53.2 Å². The molecule has 0 saturated heterocycles. The summed E-state index contributed by atoms with van der Waals surface area (Å²) in [5.74, 6) is 1.47. The minimum Gasteiger partial charge on any atom is -0.265 e. The maximum Gasteiger partial charge on any atom is 0.160 e. The number of hydrogen-bond donors (Lipinski definition) is 0. The first-order valence-corrected chi connectivity index (χ1v) is 50.4. The fourth-order valence-corrected chi connectivity index (χ4v) is 21.2. The summed E-state index contributed by atoms with van der Waals surface area (Å²) in [7, 11) is 0. The molecule has 29 aromatic rings. The molecule has 0 fully saturated rings. The molecular formula is C135H85N13S. The van der Waals surface area contributed by atoms with Gasteiger partial charge in [0.1, 0.15) is 0 Å². The molecule has 11 aromatic heterocycles. The van der Waals surface area contributed by atoms with Gasteiger partial charge in [0, 0.05) is 153 Å². The Kier molecular flexibility index (Phi) is 23.6. The van der Waals surface area contributed by atoms with Crippen molar-refractivity contribution < 1.29 is 0 Å². The second kappa shape index (κ2) is 39.4. The highest BCUT2D eigenvalue weighted by Gasteiger charge is 2.22. The lowest BCUT2D eigenvalue weighted by Crippen LogP contribution is -1.95. The Morgan fingerprint density at radius 2 is 0.450 bits per heavy atom. The smallest absolute Gasteiger partial charge is 0.160 e. The predicted octanol–water partition coefficient (Wildman–Crippen LogP) is 34.5. The Hall–Kier alpha value is -19.9. The summed E-state index contributed by atoms with van der Waals surface area (Å²) in [5.41, 5.74) is 33.0. The number of nitrogens with zero attached hydrogens (tertiary/aromatic N) is 13. The van der Waals surface area contributed by atoms with Crippen molar-refractivity contribution in [1.29, 1.82) is 0 Å². The van der Waals surface area contributed by atoms with Crippen molar-refractivity contribution in [3.63, 3.8) is 0 Å². The zero-order chi connectivity index (χ0) is 98.9. The molecule has 18 aromatic carbocycles.